The fourth-order valence-corrected chi connectivity index (χ4v) is 4.45. The Kier molecular flexibility index (Phi) is 3.33. The van der Waals surface area contributed by atoms with Crippen molar-refractivity contribution in [3.8, 4) is 0 Å². The zero-order valence-corrected chi connectivity index (χ0v) is 12.1. The van der Waals surface area contributed by atoms with Gasteiger partial charge < -0.3 is 10.1 Å². The summed E-state index contributed by atoms with van der Waals surface area (Å²) in [7, 11) is 0. The van der Waals surface area contributed by atoms with Gasteiger partial charge >= 0.3 is 0 Å². The molecule has 108 valence electrons. The Morgan fingerprint density at radius 2 is 1.89 bits per heavy atom. The Bertz CT molecular complexity index is 323. The minimum atomic E-state index is 0.308. The molecule has 0 aromatic carbocycles. The van der Waals surface area contributed by atoms with Crippen molar-refractivity contribution < 1.29 is 4.74 Å². The van der Waals surface area contributed by atoms with Crippen LogP contribution in [0.2, 0.25) is 0 Å². The molecule has 4 fully saturated rings. The van der Waals surface area contributed by atoms with Crippen molar-refractivity contribution in [2.45, 2.75) is 81.6 Å². The quantitative estimate of drug-likeness (QED) is 0.843. The SMILES string of the molecule is C1CCC2(C1)CCC(CNC1CCN(C3CC3)C1)O2. The largest absolute Gasteiger partial charge is 0.370 e. The molecule has 2 atom stereocenters. The summed E-state index contributed by atoms with van der Waals surface area (Å²) in [5.41, 5.74) is 0.308. The Morgan fingerprint density at radius 3 is 2.68 bits per heavy atom. The molecule has 3 heteroatoms. The minimum Gasteiger partial charge on any atom is -0.370 e. The van der Waals surface area contributed by atoms with Crippen molar-refractivity contribution in [2.24, 2.45) is 0 Å². The molecule has 0 aromatic heterocycles. The van der Waals surface area contributed by atoms with Crippen LogP contribution in [0.1, 0.15) is 57.8 Å². The number of nitrogens with zero attached hydrogens (tertiary/aromatic N) is 1. The van der Waals surface area contributed by atoms with E-state index < -0.39 is 0 Å². The summed E-state index contributed by atoms with van der Waals surface area (Å²) in [6.45, 7) is 3.69. The van der Waals surface area contributed by atoms with Crippen molar-refractivity contribution in [1.82, 2.24) is 10.2 Å². The first-order valence-electron chi connectivity index (χ1n) is 8.48. The van der Waals surface area contributed by atoms with E-state index in [4.69, 9.17) is 4.74 Å². The molecule has 4 aliphatic rings. The van der Waals surface area contributed by atoms with Gasteiger partial charge in [-0.2, -0.15) is 0 Å². The van der Waals surface area contributed by atoms with Crippen molar-refractivity contribution in [1.29, 1.82) is 0 Å². The van der Waals surface area contributed by atoms with Gasteiger partial charge in [-0.3, -0.25) is 4.90 Å². The number of hydrogen-bond acceptors (Lipinski definition) is 3. The molecule has 2 saturated heterocycles. The second kappa shape index (κ2) is 5.01. The van der Waals surface area contributed by atoms with Gasteiger partial charge in [0.15, 0.2) is 0 Å². The second-order valence-corrected chi connectivity index (χ2v) is 7.29. The predicted octanol–water partition coefficient (Wildman–Crippen LogP) is 2.30. The summed E-state index contributed by atoms with van der Waals surface area (Å²) in [5.74, 6) is 0. The lowest BCUT2D eigenvalue weighted by atomic mass is 9.98. The zero-order valence-electron chi connectivity index (χ0n) is 12.1. The maximum atomic E-state index is 6.38. The summed E-state index contributed by atoms with van der Waals surface area (Å²) < 4.78 is 6.38. The molecule has 2 unspecified atom stereocenters. The molecule has 0 radical (unpaired) electrons. The average Bonchev–Trinajstić information content (AvgIpc) is 2.89. The smallest absolute Gasteiger partial charge is 0.0708 e. The topological polar surface area (TPSA) is 24.5 Å². The number of nitrogens with one attached hydrogen (secondary N) is 1. The fourth-order valence-electron chi connectivity index (χ4n) is 4.45. The molecule has 2 aliphatic heterocycles. The Balaban J connectivity index is 1.21. The van der Waals surface area contributed by atoms with E-state index in [9.17, 15) is 0 Å². The van der Waals surface area contributed by atoms with E-state index in [1.807, 2.05) is 0 Å². The molecule has 0 bridgehead atoms. The third-order valence-electron chi connectivity index (χ3n) is 5.77. The first kappa shape index (κ1) is 12.6. The van der Waals surface area contributed by atoms with Gasteiger partial charge in [0.25, 0.3) is 0 Å². The van der Waals surface area contributed by atoms with Gasteiger partial charge in [0.1, 0.15) is 0 Å². The van der Waals surface area contributed by atoms with Crippen molar-refractivity contribution >= 4 is 0 Å². The van der Waals surface area contributed by atoms with Crippen LogP contribution >= 0.6 is 0 Å². The standard InChI is InChI=1S/C16H28N2O/c1-2-8-16(7-1)9-5-15(19-16)11-17-13-6-10-18(12-13)14-3-4-14/h13-15,17H,1-12H2. The lowest BCUT2D eigenvalue weighted by Gasteiger charge is -2.24. The summed E-state index contributed by atoms with van der Waals surface area (Å²) >= 11 is 0. The average molecular weight is 264 g/mol. The molecule has 1 N–H and O–H groups in total. The van der Waals surface area contributed by atoms with Crippen LogP contribution in [0.3, 0.4) is 0 Å². The maximum Gasteiger partial charge on any atom is 0.0708 e. The lowest BCUT2D eigenvalue weighted by Crippen LogP contribution is -2.38. The van der Waals surface area contributed by atoms with Gasteiger partial charge in [0.2, 0.25) is 0 Å². The molecule has 2 aliphatic carbocycles. The van der Waals surface area contributed by atoms with Crippen LogP contribution in [0.25, 0.3) is 0 Å². The van der Waals surface area contributed by atoms with Crippen LogP contribution in [0, 0.1) is 0 Å². The molecule has 1 spiro atoms. The van der Waals surface area contributed by atoms with Crippen LogP contribution in [-0.4, -0.2) is 48.3 Å². The van der Waals surface area contributed by atoms with E-state index in [0.29, 0.717) is 11.7 Å². The first-order valence-corrected chi connectivity index (χ1v) is 8.48. The Hall–Kier alpha value is -0.120. The third-order valence-corrected chi connectivity index (χ3v) is 5.77. The molecule has 0 aromatic rings. The maximum absolute atomic E-state index is 6.38. The highest BCUT2D eigenvalue weighted by atomic mass is 16.5. The first-order chi connectivity index (χ1) is 9.33. The van der Waals surface area contributed by atoms with Gasteiger partial charge in [-0.05, 0) is 44.9 Å². The molecule has 0 amide bonds. The van der Waals surface area contributed by atoms with Crippen molar-refractivity contribution in [3.63, 3.8) is 0 Å². The van der Waals surface area contributed by atoms with Crippen LogP contribution in [0.5, 0.6) is 0 Å². The molecular formula is C16H28N2O. The molecule has 2 saturated carbocycles. The molecule has 3 nitrogen and oxygen atoms in total. The highest BCUT2D eigenvalue weighted by molar-refractivity contribution is 4.95. The molecular weight excluding hydrogens is 236 g/mol. The lowest BCUT2D eigenvalue weighted by molar-refractivity contribution is -0.0358. The number of rotatable bonds is 4. The Labute approximate surface area is 117 Å². The molecule has 2 heterocycles. The van der Waals surface area contributed by atoms with Crippen LogP contribution in [-0.2, 0) is 4.74 Å². The van der Waals surface area contributed by atoms with Crippen LogP contribution in [0.15, 0.2) is 0 Å². The summed E-state index contributed by atoms with van der Waals surface area (Å²) in [6, 6.07) is 1.67. The van der Waals surface area contributed by atoms with Gasteiger partial charge in [-0.15, -0.1) is 0 Å². The van der Waals surface area contributed by atoms with Crippen molar-refractivity contribution in [3.05, 3.63) is 0 Å². The van der Waals surface area contributed by atoms with Gasteiger partial charge in [-0.1, -0.05) is 12.8 Å². The van der Waals surface area contributed by atoms with Crippen LogP contribution < -0.4 is 5.32 Å². The highest BCUT2D eigenvalue weighted by Crippen LogP contribution is 2.43. The number of hydrogen-bond donors (Lipinski definition) is 1. The van der Waals surface area contributed by atoms with E-state index in [-0.39, 0.29) is 0 Å². The molecule has 4 rings (SSSR count). The fraction of sp³-hybridized carbons (Fsp3) is 1.00. The van der Waals surface area contributed by atoms with Crippen LogP contribution in [0.4, 0.5) is 0 Å². The number of likely N-dealkylation sites (tertiary alicyclic amines) is 1. The van der Waals surface area contributed by atoms with Crippen molar-refractivity contribution in [2.75, 3.05) is 19.6 Å². The summed E-state index contributed by atoms with van der Waals surface area (Å²) in [5, 5.41) is 3.78. The van der Waals surface area contributed by atoms with E-state index >= 15 is 0 Å². The van der Waals surface area contributed by atoms with E-state index in [1.54, 1.807) is 0 Å². The summed E-state index contributed by atoms with van der Waals surface area (Å²) in [6.07, 6.45) is 12.7. The highest BCUT2D eigenvalue weighted by Gasteiger charge is 2.42. The predicted molar refractivity (Wildman–Crippen MR) is 76.3 cm³/mol. The monoisotopic (exact) mass is 264 g/mol. The van der Waals surface area contributed by atoms with Gasteiger partial charge in [-0.25, -0.2) is 0 Å². The second-order valence-electron chi connectivity index (χ2n) is 7.29. The summed E-state index contributed by atoms with van der Waals surface area (Å²) in [4.78, 5) is 2.69. The van der Waals surface area contributed by atoms with Gasteiger partial charge in [0.05, 0.1) is 11.7 Å². The van der Waals surface area contributed by atoms with E-state index in [1.165, 1.54) is 70.9 Å². The van der Waals surface area contributed by atoms with E-state index in [2.05, 4.69) is 10.2 Å². The normalized spacial score (nSPS) is 38.5. The third kappa shape index (κ3) is 2.70. The van der Waals surface area contributed by atoms with E-state index in [0.717, 1.165) is 18.6 Å². The number of ether oxygens (including phenoxy) is 1. The Morgan fingerprint density at radius 1 is 1.05 bits per heavy atom. The van der Waals surface area contributed by atoms with Gasteiger partial charge in [0, 0.05) is 31.7 Å². The zero-order chi connectivity index (χ0) is 12.7. The minimum absolute atomic E-state index is 0.308. The molecule has 19 heavy (non-hydrogen) atoms.